The molecule has 1 aliphatic carbocycles. The van der Waals surface area contributed by atoms with Gasteiger partial charge in [0, 0.05) is 17.8 Å². The van der Waals surface area contributed by atoms with Crippen molar-refractivity contribution in [3.8, 4) is 0 Å². The zero-order valence-corrected chi connectivity index (χ0v) is 11.6. The average Bonchev–Trinajstić information content (AvgIpc) is 2.38. The van der Waals surface area contributed by atoms with Crippen LogP contribution in [0.4, 0.5) is 11.5 Å². The van der Waals surface area contributed by atoms with Gasteiger partial charge in [-0.15, -0.1) is 0 Å². The molecule has 5 nitrogen and oxygen atoms in total. The summed E-state index contributed by atoms with van der Waals surface area (Å²) in [4.78, 5) is 14.9. The summed E-state index contributed by atoms with van der Waals surface area (Å²) in [6.45, 7) is 3.96. The van der Waals surface area contributed by atoms with Crippen molar-refractivity contribution in [1.29, 1.82) is 0 Å². The summed E-state index contributed by atoms with van der Waals surface area (Å²) in [5.74, 6) is 1.15. The van der Waals surface area contributed by atoms with Crippen LogP contribution in [0.15, 0.2) is 12.3 Å². The Morgan fingerprint density at radius 3 is 3.00 bits per heavy atom. The van der Waals surface area contributed by atoms with Crippen LogP contribution in [0, 0.1) is 23.0 Å². The molecule has 0 aromatic carbocycles. The molecule has 2 atom stereocenters. The second-order valence-corrected chi connectivity index (χ2v) is 5.36. The molecular formula is C14H21N3O2. The van der Waals surface area contributed by atoms with Crippen molar-refractivity contribution < 1.29 is 4.92 Å². The highest BCUT2D eigenvalue weighted by atomic mass is 16.6. The van der Waals surface area contributed by atoms with E-state index in [2.05, 4.69) is 17.2 Å². The lowest BCUT2D eigenvalue weighted by atomic mass is 9.84. The summed E-state index contributed by atoms with van der Waals surface area (Å²) < 4.78 is 0. The molecule has 2 unspecified atom stereocenters. The van der Waals surface area contributed by atoms with E-state index in [9.17, 15) is 10.1 Å². The standard InChI is InChI=1S/C14H21N3O2/c1-3-11-5-4-6-12(9-11)16-14-13(17(18)19)10(2)7-8-15-14/h7-8,11-12H,3-6,9H2,1-2H3,(H,15,16). The van der Waals surface area contributed by atoms with Crippen molar-refractivity contribution in [3.63, 3.8) is 0 Å². The first kappa shape index (κ1) is 13.8. The van der Waals surface area contributed by atoms with Crippen LogP contribution < -0.4 is 5.32 Å². The number of aromatic nitrogens is 1. The molecule has 1 fully saturated rings. The number of nitrogens with zero attached hydrogens (tertiary/aromatic N) is 2. The van der Waals surface area contributed by atoms with Crippen molar-refractivity contribution in [1.82, 2.24) is 4.98 Å². The van der Waals surface area contributed by atoms with Crippen LogP contribution in [0.1, 0.15) is 44.6 Å². The lowest BCUT2D eigenvalue weighted by Crippen LogP contribution is -2.27. The Kier molecular flexibility index (Phi) is 4.35. The van der Waals surface area contributed by atoms with Crippen LogP contribution in [-0.4, -0.2) is 15.9 Å². The molecule has 0 amide bonds. The van der Waals surface area contributed by atoms with Gasteiger partial charge >= 0.3 is 5.69 Å². The van der Waals surface area contributed by atoms with Crippen molar-refractivity contribution in [2.75, 3.05) is 5.32 Å². The number of rotatable bonds is 4. The molecular weight excluding hydrogens is 242 g/mol. The monoisotopic (exact) mass is 263 g/mol. The summed E-state index contributed by atoms with van der Waals surface area (Å²) >= 11 is 0. The Hall–Kier alpha value is -1.65. The van der Waals surface area contributed by atoms with E-state index in [4.69, 9.17) is 0 Å². The fourth-order valence-corrected chi connectivity index (χ4v) is 2.87. The molecule has 0 bridgehead atoms. The molecule has 0 spiro atoms. The number of nitro groups is 1. The van der Waals surface area contributed by atoms with Crippen molar-refractivity contribution in [3.05, 3.63) is 27.9 Å². The largest absolute Gasteiger partial charge is 0.362 e. The van der Waals surface area contributed by atoms with Crippen LogP contribution in [0.3, 0.4) is 0 Å². The second-order valence-electron chi connectivity index (χ2n) is 5.36. The highest BCUT2D eigenvalue weighted by molar-refractivity contribution is 5.60. The third-order valence-electron chi connectivity index (χ3n) is 4.01. The average molecular weight is 263 g/mol. The fraction of sp³-hybridized carbons (Fsp3) is 0.643. The predicted octanol–water partition coefficient (Wildman–Crippen LogP) is 3.68. The van der Waals surface area contributed by atoms with Gasteiger partial charge < -0.3 is 5.32 Å². The van der Waals surface area contributed by atoms with Gasteiger partial charge in [0.1, 0.15) is 0 Å². The van der Waals surface area contributed by atoms with E-state index < -0.39 is 0 Å². The van der Waals surface area contributed by atoms with E-state index in [1.54, 1.807) is 19.2 Å². The van der Waals surface area contributed by atoms with E-state index in [0.29, 0.717) is 17.4 Å². The predicted molar refractivity (Wildman–Crippen MR) is 75.3 cm³/mol. The van der Waals surface area contributed by atoms with E-state index in [0.717, 1.165) is 18.8 Å². The highest BCUT2D eigenvalue weighted by Crippen LogP contribution is 2.31. The lowest BCUT2D eigenvalue weighted by Gasteiger charge is -2.29. The number of hydrogen-bond donors (Lipinski definition) is 1. The third kappa shape index (κ3) is 3.22. The molecule has 0 aliphatic heterocycles. The lowest BCUT2D eigenvalue weighted by molar-refractivity contribution is -0.384. The number of pyridine rings is 1. The molecule has 19 heavy (non-hydrogen) atoms. The van der Waals surface area contributed by atoms with Gasteiger partial charge in [0.15, 0.2) is 0 Å². The molecule has 2 rings (SSSR count). The van der Waals surface area contributed by atoms with Gasteiger partial charge in [-0.1, -0.05) is 26.2 Å². The normalized spacial score (nSPS) is 23.1. The quantitative estimate of drug-likeness (QED) is 0.664. The molecule has 1 aromatic rings. The SMILES string of the molecule is CCC1CCCC(Nc2nccc(C)c2[N+](=O)[O-])C1. The van der Waals surface area contributed by atoms with Gasteiger partial charge in [-0.05, 0) is 31.7 Å². The Labute approximate surface area is 113 Å². The Balaban J connectivity index is 2.14. The van der Waals surface area contributed by atoms with Crippen molar-refractivity contribution in [2.45, 2.75) is 52.0 Å². The van der Waals surface area contributed by atoms with E-state index in [1.165, 1.54) is 19.3 Å². The van der Waals surface area contributed by atoms with E-state index in [1.807, 2.05) is 0 Å². The molecule has 0 saturated heterocycles. The van der Waals surface area contributed by atoms with Gasteiger partial charge in [-0.3, -0.25) is 10.1 Å². The molecule has 1 N–H and O–H groups in total. The van der Waals surface area contributed by atoms with Crippen molar-refractivity contribution >= 4 is 11.5 Å². The zero-order chi connectivity index (χ0) is 13.8. The van der Waals surface area contributed by atoms with Crippen molar-refractivity contribution in [2.24, 2.45) is 5.92 Å². The second kappa shape index (κ2) is 5.99. The maximum absolute atomic E-state index is 11.1. The summed E-state index contributed by atoms with van der Waals surface area (Å²) in [7, 11) is 0. The Morgan fingerprint density at radius 2 is 2.32 bits per heavy atom. The first-order chi connectivity index (χ1) is 9.11. The van der Waals surface area contributed by atoms with Gasteiger partial charge in [0.2, 0.25) is 5.82 Å². The molecule has 1 heterocycles. The number of hydrogen-bond acceptors (Lipinski definition) is 4. The smallest absolute Gasteiger partial charge is 0.314 e. The Bertz CT molecular complexity index is 462. The zero-order valence-electron chi connectivity index (χ0n) is 11.6. The summed E-state index contributed by atoms with van der Waals surface area (Å²) in [6, 6.07) is 1.99. The number of aryl methyl sites for hydroxylation is 1. The van der Waals surface area contributed by atoms with E-state index in [-0.39, 0.29) is 10.6 Å². The first-order valence-corrected chi connectivity index (χ1v) is 6.98. The topological polar surface area (TPSA) is 68.1 Å². The van der Waals surface area contributed by atoms with Crippen LogP contribution in [0.5, 0.6) is 0 Å². The summed E-state index contributed by atoms with van der Waals surface area (Å²) in [6.07, 6.45) is 7.44. The minimum atomic E-state index is -0.342. The minimum absolute atomic E-state index is 0.112. The van der Waals surface area contributed by atoms with E-state index >= 15 is 0 Å². The maximum atomic E-state index is 11.1. The molecule has 1 saturated carbocycles. The third-order valence-corrected chi connectivity index (χ3v) is 4.01. The number of anilines is 1. The highest BCUT2D eigenvalue weighted by Gasteiger charge is 2.25. The fourth-order valence-electron chi connectivity index (χ4n) is 2.87. The Morgan fingerprint density at radius 1 is 1.53 bits per heavy atom. The molecule has 0 radical (unpaired) electrons. The van der Waals surface area contributed by atoms with Gasteiger partial charge in [0.25, 0.3) is 0 Å². The van der Waals surface area contributed by atoms with Crippen LogP contribution in [0.25, 0.3) is 0 Å². The molecule has 1 aliphatic rings. The van der Waals surface area contributed by atoms with Gasteiger partial charge in [0.05, 0.1) is 4.92 Å². The van der Waals surface area contributed by atoms with Crippen LogP contribution in [-0.2, 0) is 0 Å². The summed E-state index contributed by atoms with van der Waals surface area (Å²) in [5.41, 5.74) is 0.770. The van der Waals surface area contributed by atoms with Gasteiger partial charge in [-0.2, -0.15) is 0 Å². The van der Waals surface area contributed by atoms with Crippen LogP contribution in [0.2, 0.25) is 0 Å². The maximum Gasteiger partial charge on any atom is 0.314 e. The number of nitrogens with one attached hydrogen (secondary N) is 1. The molecule has 104 valence electrons. The summed E-state index contributed by atoms with van der Waals surface area (Å²) in [5, 5.41) is 14.4. The minimum Gasteiger partial charge on any atom is -0.362 e. The molecule has 5 heteroatoms. The molecule has 1 aromatic heterocycles. The van der Waals surface area contributed by atoms with Crippen LogP contribution >= 0.6 is 0 Å². The first-order valence-electron chi connectivity index (χ1n) is 6.98. The van der Waals surface area contributed by atoms with Gasteiger partial charge in [-0.25, -0.2) is 4.98 Å².